The summed E-state index contributed by atoms with van der Waals surface area (Å²) < 4.78 is 29.3. The molecule has 3 aromatic rings. The molecule has 1 aromatic heterocycles. The minimum atomic E-state index is -3.78. The zero-order valence-electron chi connectivity index (χ0n) is 17.5. The van der Waals surface area contributed by atoms with E-state index in [4.69, 9.17) is 0 Å². The van der Waals surface area contributed by atoms with E-state index in [0.717, 1.165) is 49.1 Å². The summed E-state index contributed by atoms with van der Waals surface area (Å²) >= 11 is 1.08. The van der Waals surface area contributed by atoms with Crippen LogP contribution < -0.4 is 0 Å². The van der Waals surface area contributed by atoms with Crippen molar-refractivity contribution >= 4 is 27.5 Å². The zero-order chi connectivity index (χ0) is 22.7. The molecule has 1 aliphatic heterocycles. The van der Waals surface area contributed by atoms with Crippen LogP contribution in [0.25, 0.3) is 11.4 Å². The Balaban J connectivity index is 1.65. The Morgan fingerprint density at radius 1 is 1.00 bits per heavy atom. The number of hydrogen-bond acceptors (Lipinski definition) is 7. The summed E-state index contributed by atoms with van der Waals surface area (Å²) in [6.45, 7) is 0.877. The van der Waals surface area contributed by atoms with Crippen molar-refractivity contribution in [3.63, 3.8) is 0 Å². The van der Waals surface area contributed by atoms with Crippen LogP contribution >= 0.6 is 11.8 Å². The molecule has 0 aliphatic carbocycles. The summed E-state index contributed by atoms with van der Waals surface area (Å²) in [5.41, 5.74) is 0.609. The number of sulfonamides is 1. The Hall–Kier alpha value is -2.76. The lowest BCUT2D eigenvalue weighted by Gasteiger charge is -2.20. The molecule has 0 spiro atoms. The van der Waals surface area contributed by atoms with Gasteiger partial charge in [-0.3, -0.25) is 10.1 Å². The van der Waals surface area contributed by atoms with Gasteiger partial charge in [-0.1, -0.05) is 43.2 Å². The maximum atomic E-state index is 13.1. The van der Waals surface area contributed by atoms with Crippen molar-refractivity contribution in [3.8, 4) is 11.4 Å². The quantitative estimate of drug-likeness (QED) is 0.391. The lowest BCUT2D eigenvalue weighted by atomic mass is 10.2. The molecule has 1 saturated heterocycles. The van der Waals surface area contributed by atoms with Crippen molar-refractivity contribution in [2.45, 2.75) is 40.6 Å². The Bertz CT molecular complexity index is 1220. The summed E-state index contributed by atoms with van der Waals surface area (Å²) in [5, 5.41) is 20.6. The highest BCUT2D eigenvalue weighted by atomic mass is 32.2. The van der Waals surface area contributed by atoms with Gasteiger partial charge in [0.05, 0.1) is 14.7 Å². The predicted molar refractivity (Wildman–Crippen MR) is 121 cm³/mol. The molecule has 0 atom stereocenters. The Labute approximate surface area is 190 Å². The highest BCUT2D eigenvalue weighted by Crippen LogP contribution is 2.37. The minimum absolute atomic E-state index is 0.0570. The Kier molecular flexibility index (Phi) is 6.58. The summed E-state index contributed by atoms with van der Waals surface area (Å²) in [7, 11) is -2.00. The number of hydrogen-bond donors (Lipinski definition) is 0. The standard InChI is InChI=1S/C21H23N5O4S2/c1-24-20(16-9-5-4-6-10-16)22-23-21(24)31-19-12-11-17(15-18(19)26(27)28)32(29,30)25-13-7-2-3-8-14-25/h4-6,9-12,15H,2-3,7-8,13-14H2,1H3. The maximum Gasteiger partial charge on any atom is 0.284 e. The van der Waals surface area contributed by atoms with Gasteiger partial charge in [-0.05, 0) is 36.7 Å². The van der Waals surface area contributed by atoms with E-state index in [-0.39, 0.29) is 10.6 Å². The van der Waals surface area contributed by atoms with Gasteiger partial charge in [-0.25, -0.2) is 8.42 Å². The number of aromatic nitrogens is 3. The van der Waals surface area contributed by atoms with Gasteiger partial charge in [-0.15, -0.1) is 10.2 Å². The molecule has 4 rings (SSSR count). The SMILES string of the molecule is Cn1c(Sc2ccc(S(=O)(=O)N3CCCCCC3)cc2[N+](=O)[O-])nnc1-c1ccccc1. The van der Waals surface area contributed by atoms with Crippen molar-refractivity contribution in [2.75, 3.05) is 13.1 Å². The molecule has 9 nitrogen and oxygen atoms in total. The molecule has 168 valence electrons. The molecule has 11 heteroatoms. The number of nitrogens with zero attached hydrogens (tertiary/aromatic N) is 5. The first-order valence-corrected chi connectivity index (χ1v) is 12.5. The van der Waals surface area contributed by atoms with Gasteiger partial charge >= 0.3 is 0 Å². The zero-order valence-corrected chi connectivity index (χ0v) is 19.2. The largest absolute Gasteiger partial charge is 0.305 e. The highest BCUT2D eigenvalue weighted by Gasteiger charge is 2.28. The number of nitro benzene ring substituents is 1. The molecule has 1 aliphatic rings. The molecule has 0 saturated carbocycles. The number of nitro groups is 1. The van der Waals surface area contributed by atoms with Gasteiger partial charge in [-0.2, -0.15) is 4.31 Å². The smallest absolute Gasteiger partial charge is 0.284 e. The third-order valence-electron chi connectivity index (χ3n) is 5.40. The topological polar surface area (TPSA) is 111 Å². The number of benzene rings is 2. The van der Waals surface area contributed by atoms with Crippen LogP contribution in [-0.2, 0) is 17.1 Å². The van der Waals surface area contributed by atoms with Crippen molar-refractivity contribution in [1.29, 1.82) is 0 Å². The Morgan fingerprint density at radius 3 is 2.34 bits per heavy atom. The second-order valence-corrected chi connectivity index (χ2v) is 10.5. The van der Waals surface area contributed by atoms with Crippen LogP contribution in [0.15, 0.2) is 63.5 Å². The van der Waals surface area contributed by atoms with E-state index >= 15 is 0 Å². The molecule has 0 radical (unpaired) electrons. The molecule has 0 N–H and O–H groups in total. The van der Waals surface area contributed by atoms with Crippen LogP contribution in [0.4, 0.5) is 5.69 Å². The first-order chi connectivity index (χ1) is 15.4. The van der Waals surface area contributed by atoms with E-state index < -0.39 is 14.9 Å². The van der Waals surface area contributed by atoms with E-state index in [0.29, 0.717) is 29.0 Å². The van der Waals surface area contributed by atoms with Crippen LogP contribution in [0.1, 0.15) is 25.7 Å². The van der Waals surface area contributed by atoms with Crippen LogP contribution in [0.2, 0.25) is 0 Å². The van der Waals surface area contributed by atoms with Crippen molar-refractivity contribution in [3.05, 3.63) is 58.6 Å². The fourth-order valence-electron chi connectivity index (χ4n) is 3.66. The monoisotopic (exact) mass is 473 g/mol. The van der Waals surface area contributed by atoms with Gasteiger partial charge in [0.1, 0.15) is 0 Å². The molecule has 0 unspecified atom stereocenters. The molecule has 0 bridgehead atoms. The molecule has 0 amide bonds. The first kappa shape index (κ1) is 22.4. The molecular formula is C21H23N5O4S2. The minimum Gasteiger partial charge on any atom is -0.305 e. The maximum absolute atomic E-state index is 13.1. The van der Waals surface area contributed by atoms with Crippen molar-refractivity contribution < 1.29 is 13.3 Å². The molecule has 2 heterocycles. The van der Waals surface area contributed by atoms with Crippen LogP contribution in [-0.4, -0.2) is 45.5 Å². The van der Waals surface area contributed by atoms with E-state index in [2.05, 4.69) is 10.2 Å². The second-order valence-electron chi connectivity index (χ2n) is 7.54. The molecule has 32 heavy (non-hydrogen) atoms. The van der Waals surface area contributed by atoms with Gasteiger partial charge in [0.15, 0.2) is 11.0 Å². The van der Waals surface area contributed by atoms with E-state index in [1.807, 2.05) is 30.3 Å². The van der Waals surface area contributed by atoms with Gasteiger partial charge in [0.2, 0.25) is 10.0 Å². The van der Waals surface area contributed by atoms with Crippen LogP contribution in [0.3, 0.4) is 0 Å². The van der Waals surface area contributed by atoms with E-state index in [9.17, 15) is 18.5 Å². The lowest BCUT2D eigenvalue weighted by Crippen LogP contribution is -2.31. The van der Waals surface area contributed by atoms with Crippen LogP contribution in [0, 0.1) is 10.1 Å². The molecular weight excluding hydrogens is 450 g/mol. The first-order valence-electron chi connectivity index (χ1n) is 10.3. The third kappa shape index (κ3) is 4.54. The van der Waals surface area contributed by atoms with E-state index in [1.165, 1.54) is 16.4 Å². The average molecular weight is 474 g/mol. The second kappa shape index (κ2) is 9.39. The fraction of sp³-hybridized carbons (Fsp3) is 0.333. The number of rotatable bonds is 6. The molecule has 2 aromatic carbocycles. The summed E-state index contributed by atoms with van der Waals surface area (Å²) in [4.78, 5) is 11.5. The average Bonchev–Trinajstić information content (AvgIpc) is 2.98. The predicted octanol–water partition coefficient (Wildman–Crippen LogP) is 4.11. The fourth-order valence-corrected chi connectivity index (χ4v) is 6.07. The van der Waals surface area contributed by atoms with Crippen LogP contribution in [0.5, 0.6) is 0 Å². The van der Waals surface area contributed by atoms with Gasteiger partial charge in [0, 0.05) is 31.8 Å². The summed E-state index contributed by atoms with van der Waals surface area (Å²) in [6.07, 6.45) is 3.57. The highest BCUT2D eigenvalue weighted by molar-refractivity contribution is 7.99. The lowest BCUT2D eigenvalue weighted by molar-refractivity contribution is -0.388. The summed E-state index contributed by atoms with van der Waals surface area (Å²) in [6, 6.07) is 13.6. The summed E-state index contributed by atoms with van der Waals surface area (Å²) in [5.74, 6) is 0.635. The Morgan fingerprint density at radius 2 is 1.69 bits per heavy atom. The van der Waals surface area contributed by atoms with E-state index in [1.54, 1.807) is 11.6 Å². The van der Waals surface area contributed by atoms with Crippen molar-refractivity contribution in [2.24, 2.45) is 7.05 Å². The van der Waals surface area contributed by atoms with Gasteiger partial charge < -0.3 is 4.57 Å². The van der Waals surface area contributed by atoms with Gasteiger partial charge in [0.25, 0.3) is 5.69 Å². The third-order valence-corrected chi connectivity index (χ3v) is 8.40. The molecule has 1 fully saturated rings. The normalized spacial score (nSPS) is 15.4. The van der Waals surface area contributed by atoms with Crippen molar-refractivity contribution in [1.82, 2.24) is 19.1 Å².